The molecule has 2 aromatic carbocycles. The molecular weight excluding hydrogens is 612 g/mol. The molecule has 2 aliphatic heterocycles. The van der Waals surface area contributed by atoms with E-state index in [4.69, 9.17) is 37.9 Å². The number of rotatable bonds is 12. The number of aliphatic hydroxyl groups is 5. The largest absolute Gasteiger partial charge is 0.507 e. The number of allylic oxidation sites excluding steroid dienone is 1. The van der Waals surface area contributed by atoms with E-state index < -0.39 is 79.6 Å². The van der Waals surface area contributed by atoms with E-state index in [-0.39, 0.29) is 17.1 Å². The minimum absolute atomic E-state index is 0.0259. The third kappa shape index (κ3) is 7.54. The van der Waals surface area contributed by atoms with Crippen molar-refractivity contribution in [2.24, 2.45) is 0 Å². The minimum atomic E-state index is -1.60. The van der Waals surface area contributed by atoms with Crippen molar-refractivity contribution in [3.8, 4) is 28.7 Å². The molecule has 0 amide bonds. The summed E-state index contributed by atoms with van der Waals surface area (Å²) in [6.45, 7) is 1.05. The molecule has 10 atom stereocenters. The maximum atomic E-state index is 13.1. The number of hydrogen-bond acceptors (Lipinski definition) is 15. The summed E-state index contributed by atoms with van der Waals surface area (Å²) < 4.78 is 43.8. The number of ether oxygens (including phenoxy) is 8. The first-order valence-corrected chi connectivity index (χ1v) is 14.3. The molecule has 15 heteroatoms. The molecule has 2 saturated heterocycles. The second-order valence-electron chi connectivity index (χ2n) is 10.7. The molecule has 0 radical (unpaired) electrons. The molecule has 2 fully saturated rings. The van der Waals surface area contributed by atoms with Crippen LogP contribution in [0, 0.1) is 0 Å². The normalized spacial score (nSPS) is 31.4. The van der Waals surface area contributed by atoms with E-state index in [2.05, 4.69) is 0 Å². The topological polar surface area (TPSA) is 212 Å². The molecule has 0 spiro atoms. The highest BCUT2D eigenvalue weighted by Gasteiger charge is 2.48. The average molecular weight is 653 g/mol. The van der Waals surface area contributed by atoms with Crippen molar-refractivity contribution in [3.63, 3.8) is 0 Å². The summed E-state index contributed by atoms with van der Waals surface area (Å²) in [5, 5.41) is 62.5. The van der Waals surface area contributed by atoms with Gasteiger partial charge in [0.15, 0.2) is 23.6 Å². The van der Waals surface area contributed by atoms with E-state index >= 15 is 0 Å². The molecule has 4 rings (SSSR count). The van der Waals surface area contributed by atoms with Gasteiger partial charge >= 0.3 is 0 Å². The third-order valence-electron chi connectivity index (χ3n) is 7.76. The standard InChI is InChI=1S/C31H40O15/c1-14-24(34)26(36)28(38)30(44-14)43-13-22-25(35)27(37)29(42-5)31(46-22)45-16-11-18(33)23(21(12-16)41-4)17(32)8-6-15-7-9-19(39-2)20(10-15)40-3/h6-12,14,22,24-31,33-38H,13H2,1-5H3/b8-6+/t14-,22+,24-,25+,26+,27-,28+,29+,30+,31+/m0/s1. The van der Waals surface area contributed by atoms with E-state index in [1.165, 1.54) is 53.6 Å². The first-order chi connectivity index (χ1) is 21.9. The number of aliphatic hydroxyl groups excluding tert-OH is 5. The van der Waals surface area contributed by atoms with Crippen molar-refractivity contribution in [2.75, 3.05) is 35.0 Å². The van der Waals surface area contributed by atoms with Gasteiger partial charge in [-0.15, -0.1) is 0 Å². The van der Waals surface area contributed by atoms with Crippen LogP contribution < -0.4 is 18.9 Å². The van der Waals surface area contributed by atoms with Gasteiger partial charge in [0.2, 0.25) is 6.29 Å². The molecular formula is C31H40O15. The predicted molar refractivity (Wildman–Crippen MR) is 158 cm³/mol. The Morgan fingerprint density at radius 1 is 0.804 bits per heavy atom. The molecule has 0 aliphatic carbocycles. The van der Waals surface area contributed by atoms with Gasteiger partial charge in [0.25, 0.3) is 0 Å². The molecule has 46 heavy (non-hydrogen) atoms. The van der Waals surface area contributed by atoms with Gasteiger partial charge in [0.05, 0.1) is 34.0 Å². The first kappa shape index (κ1) is 35.3. The van der Waals surface area contributed by atoms with Crippen LogP contribution >= 0.6 is 0 Å². The molecule has 6 N–H and O–H groups in total. The van der Waals surface area contributed by atoms with Gasteiger partial charge in [-0.25, -0.2) is 0 Å². The second kappa shape index (κ2) is 15.4. The molecule has 0 saturated carbocycles. The number of phenolic OH excluding ortho intramolecular Hbond substituents is 1. The van der Waals surface area contributed by atoms with Gasteiger partial charge in [0, 0.05) is 19.2 Å². The van der Waals surface area contributed by atoms with Crippen LogP contribution in [0.25, 0.3) is 6.08 Å². The number of methoxy groups -OCH3 is 4. The van der Waals surface area contributed by atoms with E-state index in [0.29, 0.717) is 17.1 Å². The highest BCUT2D eigenvalue weighted by atomic mass is 16.7. The lowest BCUT2D eigenvalue weighted by Crippen LogP contribution is -2.62. The number of ketones is 1. The number of carbonyl (C=O) groups excluding carboxylic acids is 1. The Bertz CT molecular complexity index is 1370. The number of benzene rings is 2. The summed E-state index contributed by atoms with van der Waals surface area (Å²) in [6.07, 6.45) is -10.8. The maximum absolute atomic E-state index is 13.1. The Balaban J connectivity index is 1.49. The molecule has 0 bridgehead atoms. The molecule has 15 nitrogen and oxygen atoms in total. The summed E-state index contributed by atoms with van der Waals surface area (Å²) in [7, 11) is 5.56. The highest BCUT2D eigenvalue weighted by molar-refractivity contribution is 6.10. The summed E-state index contributed by atoms with van der Waals surface area (Å²) in [5.41, 5.74) is 0.491. The Morgan fingerprint density at radius 3 is 2.15 bits per heavy atom. The quantitative estimate of drug-likeness (QED) is 0.132. The summed E-state index contributed by atoms with van der Waals surface area (Å²) in [4.78, 5) is 13.1. The van der Waals surface area contributed by atoms with Crippen LogP contribution in [0.4, 0.5) is 0 Å². The molecule has 2 aromatic rings. The van der Waals surface area contributed by atoms with Crippen molar-refractivity contribution < 1.29 is 73.3 Å². The minimum Gasteiger partial charge on any atom is -0.507 e. The van der Waals surface area contributed by atoms with Crippen LogP contribution in [0.1, 0.15) is 22.8 Å². The van der Waals surface area contributed by atoms with Crippen molar-refractivity contribution in [3.05, 3.63) is 47.5 Å². The Labute approximate surface area is 265 Å². The fraction of sp³-hybridized carbons (Fsp3) is 0.516. The van der Waals surface area contributed by atoms with Gasteiger partial charge in [-0.2, -0.15) is 0 Å². The van der Waals surface area contributed by atoms with E-state index in [1.807, 2.05) is 0 Å². The SMILES string of the molecule is COc1ccc(/C=C/C(=O)c2c(O)cc(O[C@@H]3O[C@H](CO[C@@H]4O[C@@H](C)[C@H](O)[C@@H](O)[C@H]4O)[C@@H](O)[C@H](O)[C@H]3OC)cc2OC)cc1OC. The summed E-state index contributed by atoms with van der Waals surface area (Å²) in [6, 6.07) is 7.56. The summed E-state index contributed by atoms with van der Waals surface area (Å²) in [5.74, 6) is -0.110. The van der Waals surface area contributed by atoms with Gasteiger partial charge in [-0.1, -0.05) is 12.1 Å². The Kier molecular flexibility index (Phi) is 11.8. The van der Waals surface area contributed by atoms with Gasteiger partial charge in [0.1, 0.15) is 65.5 Å². The van der Waals surface area contributed by atoms with E-state index in [1.54, 1.807) is 18.2 Å². The average Bonchev–Trinajstić information content (AvgIpc) is 3.05. The predicted octanol–water partition coefficient (Wildman–Crippen LogP) is -0.00130. The first-order valence-electron chi connectivity index (χ1n) is 14.3. The van der Waals surface area contributed by atoms with E-state index in [9.17, 15) is 35.4 Å². The fourth-order valence-corrected chi connectivity index (χ4v) is 5.13. The lowest BCUT2D eigenvalue weighted by atomic mass is 9.98. The zero-order valence-electron chi connectivity index (χ0n) is 25.9. The Morgan fingerprint density at radius 2 is 1.50 bits per heavy atom. The van der Waals surface area contributed by atoms with Crippen LogP contribution in [0.15, 0.2) is 36.4 Å². The number of phenols is 1. The third-order valence-corrected chi connectivity index (χ3v) is 7.76. The summed E-state index contributed by atoms with van der Waals surface area (Å²) >= 11 is 0. The van der Waals surface area contributed by atoms with Gasteiger partial charge < -0.3 is 68.5 Å². The smallest absolute Gasteiger partial charge is 0.229 e. The van der Waals surface area contributed by atoms with Crippen molar-refractivity contribution in [1.82, 2.24) is 0 Å². The van der Waals surface area contributed by atoms with E-state index in [0.717, 1.165) is 6.07 Å². The number of carbonyl (C=O) groups is 1. The lowest BCUT2D eigenvalue weighted by Gasteiger charge is -2.43. The monoisotopic (exact) mass is 652 g/mol. The molecule has 0 aromatic heterocycles. The lowest BCUT2D eigenvalue weighted by molar-refractivity contribution is -0.320. The van der Waals surface area contributed by atoms with Gasteiger partial charge in [-0.3, -0.25) is 4.79 Å². The molecule has 254 valence electrons. The maximum Gasteiger partial charge on any atom is 0.229 e. The van der Waals surface area contributed by atoms with Crippen molar-refractivity contribution >= 4 is 11.9 Å². The fourth-order valence-electron chi connectivity index (χ4n) is 5.13. The molecule has 0 unspecified atom stereocenters. The molecule has 2 heterocycles. The van der Waals surface area contributed by atoms with Crippen LogP contribution in [-0.2, 0) is 18.9 Å². The van der Waals surface area contributed by atoms with Crippen molar-refractivity contribution in [2.45, 2.75) is 68.3 Å². The van der Waals surface area contributed by atoms with Crippen LogP contribution in [-0.4, -0.2) is 133 Å². The van der Waals surface area contributed by atoms with Crippen LogP contribution in [0.3, 0.4) is 0 Å². The number of hydrogen-bond donors (Lipinski definition) is 6. The highest BCUT2D eigenvalue weighted by Crippen LogP contribution is 2.36. The zero-order valence-corrected chi connectivity index (χ0v) is 25.9. The molecule has 2 aliphatic rings. The zero-order chi connectivity index (χ0) is 33.7. The number of aromatic hydroxyl groups is 1. The van der Waals surface area contributed by atoms with Gasteiger partial charge in [-0.05, 0) is 30.7 Å². The van der Waals surface area contributed by atoms with Crippen molar-refractivity contribution in [1.29, 1.82) is 0 Å². The van der Waals surface area contributed by atoms with Crippen LogP contribution in [0.5, 0.6) is 28.7 Å². The van der Waals surface area contributed by atoms with Crippen LogP contribution in [0.2, 0.25) is 0 Å². The second-order valence-corrected chi connectivity index (χ2v) is 10.7. The Hall–Kier alpha value is -3.51.